The van der Waals surface area contributed by atoms with Crippen LogP contribution >= 0.6 is 0 Å². The fourth-order valence-electron chi connectivity index (χ4n) is 2.94. The van der Waals surface area contributed by atoms with Gasteiger partial charge in [0.05, 0.1) is 17.8 Å². The zero-order valence-electron chi connectivity index (χ0n) is 13.2. The van der Waals surface area contributed by atoms with Crippen LogP contribution in [0.25, 0.3) is 27.8 Å². The molecule has 5 nitrogen and oxygen atoms in total. The highest BCUT2D eigenvalue weighted by Gasteiger charge is 2.15. The summed E-state index contributed by atoms with van der Waals surface area (Å²) in [5.41, 5.74) is 9.91. The molecule has 0 bridgehead atoms. The molecule has 3 heterocycles. The van der Waals surface area contributed by atoms with Crippen molar-refractivity contribution < 1.29 is 9.50 Å². The lowest BCUT2D eigenvalue weighted by Crippen LogP contribution is -2.00. The van der Waals surface area contributed by atoms with Crippen LogP contribution in [0.3, 0.4) is 0 Å². The quantitative estimate of drug-likeness (QED) is 0.564. The summed E-state index contributed by atoms with van der Waals surface area (Å²) in [5.74, 6) is -0.156. The molecule has 0 saturated heterocycles. The predicted molar refractivity (Wildman–Crippen MR) is 94.6 cm³/mol. The largest absolute Gasteiger partial charge is 0.392 e. The molecular weight excluding hydrogens is 319 g/mol. The molecule has 1 aromatic carbocycles. The van der Waals surface area contributed by atoms with Crippen molar-refractivity contribution in [3.63, 3.8) is 0 Å². The van der Waals surface area contributed by atoms with E-state index in [1.54, 1.807) is 12.3 Å². The molecule has 0 aliphatic carbocycles. The molecule has 3 aromatic heterocycles. The summed E-state index contributed by atoms with van der Waals surface area (Å²) in [4.78, 5) is 7.89. The number of halogens is 1. The summed E-state index contributed by atoms with van der Waals surface area (Å²) in [6.45, 7) is -0.0341. The fraction of sp³-hybridized carbons (Fsp3) is 0.0526. The number of benzene rings is 1. The lowest BCUT2D eigenvalue weighted by Gasteiger charge is -2.12. The molecule has 124 valence electrons. The van der Waals surface area contributed by atoms with Gasteiger partial charge in [0.2, 0.25) is 5.95 Å². The highest BCUT2D eigenvalue weighted by Crippen LogP contribution is 2.33. The number of nitrogens with zero attached hydrogens (tertiary/aromatic N) is 3. The van der Waals surface area contributed by atoms with Crippen molar-refractivity contribution in [1.29, 1.82) is 0 Å². The molecule has 0 unspecified atom stereocenters. The predicted octanol–water partition coefficient (Wildman–Crippen LogP) is 3.30. The summed E-state index contributed by atoms with van der Waals surface area (Å²) >= 11 is 0. The summed E-state index contributed by atoms with van der Waals surface area (Å²) in [6.07, 6.45) is 3.13. The smallest absolute Gasteiger partial charge is 0.214 e. The standard InChI is InChI=1S/C19H15FN4O/c20-18-9-16-13(10-23-18)8-17(15-2-1-7-22-19(15)21)24(16)14-5-3-12(11-25)4-6-14/h1-10,25H,11H2,(H2,21,22). The Bertz CT molecular complexity index is 1060. The number of fused-ring (bicyclic) bond motifs is 1. The van der Waals surface area contributed by atoms with Crippen LogP contribution in [-0.2, 0) is 6.61 Å². The van der Waals surface area contributed by atoms with E-state index >= 15 is 0 Å². The second kappa shape index (κ2) is 5.99. The van der Waals surface area contributed by atoms with Gasteiger partial charge in [-0.3, -0.25) is 0 Å². The lowest BCUT2D eigenvalue weighted by molar-refractivity contribution is 0.282. The summed E-state index contributed by atoms with van der Waals surface area (Å²) < 4.78 is 15.7. The van der Waals surface area contributed by atoms with Gasteiger partial charge in [0.1, 0.15) is 5.82 Å². The number of hydrogen-bond acceptors (Lipinski definition) is 4. The Morgan fingerprint density at radius 2 is 1.88 bits per heavy atom. The molecule has 0 aliphatic heterocycles. The zero-order chi connectivity index (χ0) is 17.4. The number of rotatable bonds is 3. The molecule has 3 N–H and O–H groups in total. The molecule has 0 spiro atoms. The van der Waals surface area contributed by atoms with Crippen molar-refractivity contribution in [3.8, 4) is 16.9 Å². The molecule has 4 aromatic rings. The van der Waals surface area contributed by atoms with Crippen LogP contribution in [0.15, 0.2) is 60.9 Å². The van der Waals surface area contributed by atoms with E-state index in [9.17, 15) is 9.50 Å². The van der Waals surface area contributed by atoms with Crippen LogP contribution in [-0.4, -0.2) is 19.6 Å². The van der Waals surface area contributed by atoms with Crippen molar-refractivity contribution in [2.24, 2.45) is 0 Å². The zero-order valence-corrected chi connectivity index (χ0v) is 13.2. The van der Waals surface area contributed by atoms with Gasteiger partial charge in [-0.15, -0.1) is 0 Å². The first kappa shape index (κ1) is 15.3. The Kier molecular flexibility index (Phi) is 3.66. The summed E-state index contributed by atoms with van der Waals surface area (Å²) in [5, 5.41) is 10.0. The van der Waals surface area contributed by atoms with Gasteiger partial charge in [-0.2, -0.15) is 4.39 Å². The highest BCUT2D eigenvalue weighted by atomic mass is 19.1. The van der Waals surface area contributed by atoms with Gasteiger partial charge in [0.25, 0.3) is 0 Å². The van der Waals surface area contributed by atoms with E-state index in [0.717, 1.165) is 27.9 Å². The van der Waals surface area contributed by atoms with Crippen LogP contribution in [0.4, 0.5) is 10.2 Å². The van der Waals surface area contributed by atoms with Crippen molar-refractivity contribution in [1.82, 2.24) is 14.5 Å². The average molecular weight is 334 g/mol. The average Bonchev–Trinajstić information content (AvgIpc) is 3.00. The van der Waals surface area contributed by atoms with E-state index in [4.69, 9.17) is 5.73 Å². The van der Waals surface area contributed by atoms with Crippen LogP contribution in [0.1, 0.15) is 5.56 Å². The monoisotopic (exact) mass is 334 g/mol. The van der Waals surface area contributed by atoms with E-state index in [2.05, 4.69) is 9.97 Å². The normalized spacial score (nSPS) is 11.1. The maximum atomic E-state index is 13.7. The minimum absolute atomic E-state index is 0.0341. The molecule has 0 saturated carbocycles. The number of hydrogen-bond donors (Lipinski definition) is 2. The van der Waals surface area contributed by atoms with E-state index < -0.39 is 5.95 Å². The van der Waals surface area contributed by atoms with Crippen molar-refractivity contribution in [2.45, 2.75) is 6.61 Å². The van der Waals surface area contributed by atoms with Crippen LogP contribution in [0, 0.1) is 5.95 Å². The van der Waals surface area contributed by atoms with Gasteiger partial charge in [-0.25, -0.2) is 9.97 Å². The number of aliphatic hydroxyl groups is 1. The molecule has 25 heavy (non-hydrogen) atoms. The first-order chi connectivity index (χ1) is 12.2. The van der Waals surface area contributed by atoms with E-state index in [0.29, 0.717) is 11.3 Å². The van der Waals surface area contributed by atoms with Crippen molar-refractivity contribution >= 4 is 16.7 Å². The van der Waals surface area contributed by atoms with E-state index in [1.165, 1.54) is 12.3 Å². The second-order valence-electron chi connectivity index (χ2n) is 5.69. The highest BCUT2D eigenvalue weighted by molar-refractivity contribution is 5.90. The Morgan fingerprint density at radius 3 is 2.60 bits per heavy atom. The van der Waals surface area contributed by atoms with Crippen LogP contribution < -0.4 is 5.73 Å². The number of nitrogens with two attached hydrogens (primary N) is 1. The third-order valence-electron chi connectivity index (χ3n) is 4.14. The number of anilines is 1. The lowest BCUT2D eigenvalue weighted by atomic mass is 10.1. The van der Waals surface area contributed by atoms with E-state index in [1.807, 2.05) is 41.0 Å². The molecule has 0 fully saturated rings. The van der Waals surface area contributed by atoms with Gasteiger partial charge in [-0.05, 0) is 35.9 Å². The number of nitrogen functional groups attached to an aromatic ring is 1. The summed E-state index contributed by atoms with van der Waals surface area (Å²) in [7, 11) is 0. The molecule has 0 amide bonds. The number of aromatic nitrogens is 3. The second-order valence-corrected chi connectivity index (χ2v) is 5.69. The SMILES string of the molecule is Nc1ncccc1-c1cc2cnc(F)cc2n1-c1ccc(CO)cc1. The van der Waals surface area contributed by atoms with Crippen LogP contribution in [0.5, 0.6) is 0 Å². The minimum atomic E-state index is -0.551. The third kappa shape index (κ3) is 2.62. The van der Waals surface area contributed by atoms with Gasteiger partial charge >= 0.3 is 0 Å². The van der Waals surface area contributed by atoms with Crippen molar-refractivity contribution in [2.75, 3.05) is 5.73 Å². The Morgan fingerprint density at radius 1 is 1.08 bits per heavy atom. The summed E-state index contributed by atoms with van der Waals surface area (Å²) in [6, 6.07) is 14.4. The maximum Gasteiger partial charge on any atom is 0.214 e. The van der Waals surface area contributed by atoms with Gasteiger partial charge in [0.15, 0.2) is 0 Å². The molecule has 0 radical (unpaired) electrons. The molecule has 4 rings (SSSR count). The molecule has 0 aliphatic rings. The van der Waals surface area contributed by atoms with Gasteiger partial charge in [0, 0.05) is 35.1 Å². The number of pyridine rings is 2. The molecule has 6 heteroatoms. The topological polar surface area (TPSA) is 77.0 Å². The fourth-order valence-corrected chi connectivity index (χ4v) is 2.94. The Balaban J connectivity index is 2.03. The molecular formula is C19H15FN4O. The molecule has 0 atom stereocenters. The first-order valence-electron chi connectivity index (χ1n) is 7.75. The van der Waals surface area contributed by atoms with Crippen molar-refractivity contribution in [3.05, 3.63) is 72.4 Å². The van der Waals surface area contributed by atoms with E-state index in [-0.39, 0.29) is 6.61 Å². The Labute approximate surface area is 143 Å². The Hall–Kier alpha value is -3.25. The first-order valence-corrected chi connectivity index (χ1v) is 7.75. The number of aliphatic hydroxyl groups excluding tert-OH is 1. The minimum Gasteiger partial charge on any atom is -0.392 e. The van der Waals surface area contributed by atoms with Crippen LogP contribution in [0.2, 0.25) is 0 Å². The third-order valence-corrected chi connectivity index (χ3v) is 4.14. The maximum absolute atomic E-state index is 13.7. The van der Waals surface area contributed by atoms with Gasteiger partial charge in [-0.1, -0.05) is 12.1 Å². The van der Waals surface area contributed by atoms with Gasteiger partial charge < -0.3 is 15.4 Å².